The van der Waals surface area contributed by atoms with Crippen molar-refractivity contribution >= 4 is 11.6 Å². The van der Waals surface area contributed by atoms with E-state index in [1.165, 1.54) is 12.1 Å². The highest BCUT2D eigenvalue weighted by atomic mass is 19.1. The number of carbonyl (C=O) groups excluding carboxylic acids is 1. The molecule has 0 aliphatic carbocycles. The molecule has 1 fully saturated rings. The summed E-state index contributed by atoms with van der Waals surface area (Å²) in [6, 6.07) is 9.19. The number of amides is 1. The number of carbonyl (C=O) groups is 1. The topological polar surface area (TPSA) is 32.8 Å². The van der Waals surface area contributed by atoms with Crippen molar-refractivity contribution in [1.82, 2.24) is 4.90 Å². The molecule has 0 N–H and O–H groups in total. The smallest absolute Gasteiger partial charge is 0.227 e. The molecule has 0 radical (unpaired) electrons. The van der Waals surface area contributed by atoms with Gasteiger partial charge >= 0.3 is 0 Å². The van der Waals surface area contributed by atoms with Gasteiger partial charge in [0.05, 0.1) is 13.2 Å². The molecule has 2 heterocycles. The maximum Gasteiger partial charge on any atom is 0.227 e. The molecule has 0 aromatic heterocycles. The van der Waals surface area contributed by atoms with Crippen molar-refractivity contribution in [3.05, 3.63) is 53.6 Å². The lowest BCUT2D eigenvalue weighted by Gasteiger charge is -2.33. The first-order valence-corrected chi connectivity index (χ1v) is 9.30. The maximum absolute atomic E-state index is 13.6. The molecule has 0 saturated carbocycles. The molecule has 1 saturated heterocycles. The van der Waals surface area contributed by atoms with E-state index >= 15 is 0 Å². The van der Waals surface area contributed by atoms with Crippen molar-refractivity contribution in [2.24, 2.45) is 0 Å². The molecule has 0 atom stereocenters. The Morgan fingerprint density at radius 1 is 0.889 bits per heavy atom. The van der Waals surface area contributed by atoms with Crippen LogP contribution in [0.2, 0.25) is 0 Å². The van der Waals surface area contributed by atoms with E-state index in [1.807, 2.05) is 23.1 Å². The van der Waals surface area contributed by atoms with Crippen LogP contribution in [-0.2, 0) is 16.0 Å². The Kier molecular flexibility index (Phi) is 5.18. The van der Waals surface area contributed by atoms with E-state index in [2.05, 4.69) is 4.90 Å². The second-order valence-corrected chi connectivity index (χ2v) is 7.00. The Labute approximate surface area is 157 Å². The summed E-state index contributed by atoms with van der Waals surface area (Å²) in [5.74, 6) is -1.12. The molecule has 1 amide bonds. The van der Waals surface area contributed by atoms with Gasteiger partial charge in [0.2, 0.25) is 5.91 Å². The van der Waals surface area contributed by atoms with Crippen LogP contribution in [-0.4, -0.2) is 50.2 Å². The predicted octanol–water partition coefficient (Wildman–Crippen LogP) is 3.24. The number of rotatable bonds is 4. The molecule has 2 aromatic rings. The van der Waals surface area contributed by atoms with Crippen LogP contribution in [0.1, 0.15) is 12.0 Å². The molecular formula is C21H22F2N2O2. The number of morpholine rings is 1. The molecule has 6 heteroatoms. The zero-order chi connectivity index (χ0) is 18.8. The Morgan fingerprint density at radius 3 is 2.37 bits per heavy atom. The molecule has 2 aromatic carbocycles. The highest BCUT2D eigenvalue weighted by Crippen LogP contribution is 2.33. The molecule has 0 unspecified atom stereocenters. The molecule has 27 heavy (non-hydrogen) atoms. The minimum atomic E-state index is -0.608. The lowest BCUT2D eigenvalue weighted by Crippen LogP contribution is -2.44. The minimum absolute atomic E-state index is 0.0957. The summed E-state index contributed by atoms with van der Waals surface area (Å²) >= 11 is 0. The fourth-order valence-electron chi connectivity index (χ4n) is 3.75. The van der Waals surface area contributed by atoms with Crippen LogP contribution in [0.15, 0.2) is 36.4 Å². The van der Waals surface area contributed by atoms with Gasteiger partial charge in [-0.1, -0.05) is 12.1 Å². The van der Waals surface area contributed by atoms with Crippen molar-refractivity contribution in [2.45, 2.75) is 12.8 Å². The monoisotopic (exact) mass is 372 g/mol. The maximum atomic E-state index is 13.6. The van der Waals surface area contributed by atoms with E-state index in [9.17, 15) is 13.6 Å². The molecule has 0 bridgehead atoms. The molecule has 2 aliphatic rings. The van der Waals surface area contributed by atoms with Gasteiger partial charge in [-0.15, -0.1) is 0 Å². The Balaban J connectivity index is 1.60. The average Bonchev–Trinajstić information content (AvgIpc) is 2.67. The molecule has 4 nitrogen and oxygen atoms in total. The summed E-state index contributed by atoms with van der Waals surface area (Å²) in [5, 5.41) is 0. The lowest BCUT2D eigenvalue weighted by atomic mass is 9.96. The van der Waals surface area contributed by atoms with Gasteiger partial charge in [-0.25, -0.2) is 8.78 Å². The quantitative estimate of drug-likeness (QED) is 0.826. The van der Waals surface area contributed by atoms with Crippen molar-refractivity contribution < 1.29 is 18.3 Å². The molecule has 2 aliphatic heterocycles. The fourth-order valence-corrected chi connectivity index (χ4v) is 3.75. The number of nitrogens with zero attached hydrogens (tertiary/aromatic N) is 2. The van der Waals surface area contributed by atoms with E-state index in [1.54, 1.807) is 0 Å². The number of fused-ring (bicyclic) bond motifs is 1. The molecule has 4 rings (SSSR count). The van der Waals surface area contributed by atoms with Crippen LogP contribution >= 0.6 is 0 Å². The summed E-state index contributed by atoms with van der Waals surface area (Å²) in [6.07, 6.45) is 1.18. The summed E-state index contributed by atoms with van der Waals surface area (Å²) in [4.78, 5) is 16.6. The van der Waals surface area contributed by atoms with Crippen LogP contribution in [0, 0.1) is 11.6 Å². The normalized spacial score (nSPS) is 17.9. The van der Waals surface area contributed by atoms with E-state index in [4.69, 9.17) is 4.74 Å². The Morgan fingerprint density at radius 2 is 1.63 bits per heavy atom. The summed E-state index contributed by atoms with van der Waals surface area (Å²) in [5.41, 5.74) is 3.12. The van der Waals surface area contributed by atoms with Crippen molar-refractivity contribution in [1.29, 1.82) is 0 Å². The van der Waals surface area contributed by atoms with E-state index in [0.29, 0.717) is 30.5 Å². The number of aryl methyl sites for hydroxylation is 1. The predicted molar refractivity (Wildman–Crippen MR) is 99.7 cm³/mol. The third-order valence-corrected chi connectivity index (χ3v) is 5.22. The number of anilines is 1. The van der Waals surface area contributed by atoms with E-state index < -0.39 is 11.6 Å². The highest BCUT2D eigenvalue weighted by molar-refractivity contribution is 5.97. The SMILES string of the molecule is O=C1CCc2ccc(-c3cc(F)cc(F)c3)cc2N1CCN1CCOCC1. The van der Waals surface area contributed by atoms with Gasteiger partial charge in [0.1, 0.15) is 11.6 Å². The summed E-state index contributed by atoms with van der Waals surface area (Å²) < 4.78 is 32.6. The van der Waals surface area contributed by atoms with Crippen LogP contribution in [0.3, 0.4) is 0 Å². The summed E-state index contributed by atoms with van der Waals surface area (Å²) in [6.45, 7) is 4.58. The summed E-state index contributed by atoms with van der Waals surface area (Å²) in [7, 11) is 0. The second-order valence-electron chi connectivity index (χ2n) is 7.00. The zero-order valence-electron chi connectivity index (χ0n) is 15.1. The van der Waals surface area contributed by atoms with E-state index in [-0.39, 0.29) is 5.91 Å². The first kappa shape index (κ1) is 18.1. The van der Waals surface area contributed by atoms with Gasteiger partial charge in [0.25, 0.3) is 0 Å². The zero-order valence-corrected chi connectivity index (χ0v) is 15.1. The number of ether oxygens (including phenoxy) is 1. The third-order valence-electron chi connectivity index (χ3n) is 5.22. The van der Waals surface area contributed by atoms with Gasteiger partial charge < -0.3 is 9.64 Å². The van der Waals surface area contributed by atoms with Crippen LogP contribution in [0.25, 0.3) is 11.1 Å². The van der Waals surface area contributed by atoms with Gasteiger partial charge in [0.15, 0.2) is 0 Å². The van der Waals surface area contributed by atoms with Gasteiger partial charge in [0, 0.05) is 44.4 Å². The lowest BCUT2D eigenvalue weighted by molar-refractivity contribution is -0.119. The van der Waals surface area contributed by atoms with Crippen LogP contribution in [0.5, 0.6) is 0 Å². The number of halogens is 2. The first-order valence-electron chi connectivity index (χ1n) is 9.30. The molecule has 0 spiro atoms. The second kappa shape index (κ2) is 7.74. The third kappa shape index (κ3) is 4.01. The van der Waals surface area contributed by atoms with Gasteiger partial charge in [-0.05, 0) is 41.3 Å². The minimum Gasteiger partial charge on any atom is -0.379 e. The average molecular weight is 372 g/mol. The first-order chi connectivity index (χ1) is 13.1. The highest BCUT2D eigenvalue weighted by Gasteiger charge is 2.25. The Hall–Kier alpha value is -2.31. The number of hydrogen-bond acceptors (Lipinski definition) is 3. The molecule has 142 valence electrons. The standard InChI is InChI=1S/C21H22F2N2O2/c22-18-11-17(12-19(23)14-18)16-2-1-15-3-4-21(26)25(20(15)13-16)6-5-24-7-9-27-10-8-24/h1-2,11-14H,3-10H2. The Bertz CT molecular complexity index is 830. The number of benzene rings is 2. The van der Waals surface area contributed by atoms with Crippen LogP contribution < -0.4 is 4.90 Å². The van der Waals surface area contributed by atoms with Gasteiger partial charge in [-0.2, -0.15) is 0 Å². The van der Waals surface area contributed by atoms with Crippen molar-refractivity contribution in [3.63, 3.8) is 0 Å². The fraction of sp³-hybridized carbons (Fsp3) is 0.381. The largest absolute Gasteiger partial charge is 0.379 e. The van der Waals surface area contributed by atoms with Gasteiger partial charge in [-0.3, -0.25) is 9.69 Å². The number of hydrogen-bond donors (Lipinski definition) is 0. The van der Waals surface area contributed by atoms with E-state index in [0.717, 1.165) is 50.2 Å². The van der Waals surface area contributed by atoms with Crippen LogP contribution in [0.4, 0.5) is 14.5 Å². The molecular weight excluding hydrogens is 350 g/mol. The van der Waals surface area contributed by atoms with Crippen molar-refractivity contribution in [2.75, 3.05) is 44.3 Å². The van der Waals surface area contributed by atoms with Crippen molar-refractivity contribution in [3.8, 4) is 11.1 Å².